The molecule has 0 fully saturated rings. The minimum atomic E-state index is -1.55. The number of nitrogens with one attached hydrogen (secondary N) is 5. The maximum absolute atomic E-state index is 13.4. The molecule has 0 spiro atoms. The summed E-state index contributed by atoms with van der Waals surface area (Å²) < 4.78 is 27.3. The van der Waals surface area contributed by atoms with Crippen LogP contribution in [0.4, 0.5) is 9.18 Å². The number of Topliss-reactive ketones (excluding diaryl/α,β-unsaturated/α-hetero) is 1. The van der Waals surface area contributed by atoms with Crippen LogP contribution in [0.2, 0.25) is 0 Å². The summed E-state index contributed by atoms with van der Waals surface area (Å²) in [5.41, 5.74) is 0.714. The van der Waals surface area contributed by atoms with Gasteiger partial charge in [0.15, 0.2) is 5.78 Å². The fourth-order valence-corrected chi connectivity index (χ4v) is 4.19. The number of hydrogen-bond acceptors (Lipinski definition) is 11. The van der Waals surface area contributed by atoms with E-state index in [1.807, 2.05) is 0 Å². The molecule has 5 N–H and O–H groups in total. The third-order valence-electron chi connectivity index (χ3n) is 7.10. The summed E-state index contributed by atoms with van der Waals surface area (Å²) in [6.45, 7) is 6.17. The number of amides is 5. The normalized spacial score (nSPS) is 13.8. The second kappa shape index (κ2) is 21.0. The molecule has 0 unspecified atom stereocenters. The summed E-state index contributed by atoms with van der Waals surface area (Å²) in [4.78, 5) is 101. The summed E-state index contributed by atoms with van der Waals surface area (Å²) in [6, 6.07) is 1.93. The zero-order valence-electron chi connectivity index (χ0n) is 28.6. The van der Waals surface area contributed by atoms with Crippen LogP contribution in [0.25, 0.3) is 0 Å². The number of halogens is 1. The van der Waals surface area contributed by atoms with Gasteiger partial charge in [-0.2, -0.15) is 0 Å². The first-order valence-electron chi connectivity index (χ1n) is 15.4. The number of ether oxygens (including phenoxy) is 3. The fourth-order valence-electron chi connectivity index (χ4n) is 4.19. The smallest absolute Gasteiger partial charge is 0.408 e. The number of carbonyl (C=O) groups excluding carboxylic acids is 8. The molecule has 0 radical (unpaired) electrons. The zero-order valence-corrected chi connectivity index (χ0v) is 28.6. The van der Waals surface area contributed by atoms with Gasteiger partial charge in [0.1, 0.15) is 43.5 Å². The van der Waals surface area contributed by atoms with Crippen molar-refractivity contribution in [1.29, 1.82) is 0 Å². The molecule has 0 saturated carbocycles. The highest BCUT2D eigenvalue weighted by molar-refractivity contribution is 5.98. The van der Waals surface area contributed by atoms with Crippen LogP contribution in [-0.2, 0) is 54.4 Å². The SMILES string of the molecule is COC(=O)C[C@H](NC(=O)[C@H](C)NC(=O)[C@@H](NC(=O)[C@H](CC(=O)OC)NC(=O)[C@@H](NC(=O)OCc1ccccc1)C(C)C)C(C)C)C(=O)CF. The number of benzene rings is 1. The van der Waals surface area contributed by atoms with Crippen LogP contribution in [-0.4, -0.2) is 98.5 Å². The lowest BCUT2D eigenvalue weighted by atomic mass is 10.0. The molecule has 1 rings (SSSR count). The average molecular weight is 696 g/mol. The summed E-state index contributed by atoms with van der Waals surface area (Å²) in [5.74, 6) is -7.44. The van der Waals surface area contributed by atoms with Crippen LogP contribution < -0.4 is 26.6 Å². The van der Waals surface area contributed by atoms with Gasteiger partial charge >= 0.3 is 18.0 Å². The van der Waals surface area contributed by atoms with Crippen molar-refractivity contribution in [2.45, 2.75) is 84.3 Å². The van der Waals surface area contributed by atoms with Crippen molar-refractivity contribution in [3.8, 4) is 0 Å². The van der Waals surface area contributed by atoms with E-state index in [0.717, 1.165) is 14.2 Å². The number of hydrogen-bond donors (Lipinski definition) is 5. The Morgan fingerprint density at radius 2 is 1.12 bits per heavy atom. The first kappa shape index (κ1) is 41.9. The minimum absolute atomic E-state index is 0.0603. The molecule has 272 valence electrons. The van der Waals surface area contributed by atoms with Crippen molar-refractivity contribution in [3.05, 3.63) is 35.9 Å². The standard InChI is InChI=1S/C32H46FN5O11/c1-17(2)26(30(44)34-19(5)28(42)35-21(23(39)15-33)13-24(40)47-6)37-29(43)22(14-25(41)48-7)36-31(45)27(18(3)4)38-32(46)49-16-20-11-9-8-10-12-20/h8-12,17-19,21-22,26-27H,13-16H2,1-7H3,(H,34,44)(H,35,42)(H,36,45)(H,37,43)(H,38,46)/t19-,21-,22-,26-,27-/m0/s1. The van der Waals surface area contributed by atoms with Crippen molar-refractivity contribution < 1.29 is 57.0 Å². The molecule has 0 aliphatic heterocycles. The van der Waals surface area contributed by atoms with Crippen molar-refractivity contribution >= 4 is 47.4 Å². The van der Waals surface area contributed by atoms with E-state index in [4.69, 9.17) is 4.74 Å². The molecule has 17 heteroatoms. The second-order valence-electron chi connectivity index (χ2n) is 11.7. The lowest BCUT2D eigenvalue weighted by Gasteiger charge is -2.28. The molecule has 0 bridgehead atoms. The Bertz CT molecular complexity index is 1330. The zero-order chi connectivity index (χ0) is 37.3. The van der Waals surface area contributed by atoms with Crippen LogP contribution >= 0.6 is 0 Å². The third-order valence-corrected chi connectivity index (χ3v) is 7.10. The largest absolute Gasteiger partial charge is 0.469 e. The Kier molecular flexibility index (Phi) is 18.0. The summed E-state index contributed by atoms with van der Waals surface area (Å²) in [7, 11) is 2.13. The molecular weight excluding hydrogens is 649 g/mol. The Morgan fingerprint density at radius 1 is 0.633 bits per heavy atom. The number of esters is 2. The highest BCUT2D eigenvalue weighted by Crippen LogP contribution is 2.09. The molecule has 16 nitrogen and oxygen atoms in total. The molecule has 0 saturated heterocycles. The summed E-state index contributed by atoms with van der Waals surface area (Å²) in [5, 5.41) is 11.9. The van der Waals surface area contributed by atoms with E-state index in [-0.39, 0.29) is 6.61 Å². The molecule has 1 aromatic rings. The Balaban J connectivity index is 3.03. The van der Waals surface area contributed by atoms with Gasteiger partial charge in [0.2, 0.25) is 23.6 Å². The highest BCUT2D eigenvalue weighted by atomic mass is 19.1. The molecule has 5 amide bonds. The number of ketones is 1. The molecule has 5 atom stereocenters. The number of alkyl carbamates (subject to hydrolysis) is 1. The quantitative estimate of drug-likeness (QED) is 0.0972. The second-order valence-corrected chi connectivity index (χ2v) is 11.7. The summed E-state index contributed by atoms with van der Waals surface area (Å²) >= 11 is 0. The van der Waals surface area contributed by atoms with E-state index in [0.29, 0.717) is 5.56 Å². The van der Waals surface area contributed by atoms with Crippen molar-refractivity contribution in [2.75, 3.05) is 20.9 Å². The monoisotopic (exact) mass is 695 g/mol. The number of methoxy groups -OCH3 is 2. The molecule has 0 aromatic heterocycles. The van der Waals surface area contributed by atoms with Crippen molar-refractivity contribution in [1.82, 2.24) is 26.6 Å². The van der Waals surface area contributed by atoms with Gasteiger partial charge in [-0.25, -0.2) is 9.18 Å². The van der Waals surface area contributed by atoms with E-state index in [2.05, 4.69) is 36.1 Å². The van der Waals surface area contributed by atoms with Gasteiger partial charge in [0, 0.05) is 0 Å². The lowest BCUT2D eigenvalue weighted by Crippen LogP contribution is -2.60. The predicted molar refractivity (Wildman–Crippen MR) is 171 cm³/mol. The molecule has 0 heterocycles. The molecule has 0 aliphatic rings. The van der Waals surface area contributed by atoms with Gasteiger partial charge in [-0.1, -0.05) is 58.0 Å². The van der Waals surface area contributed by atoms with Gasteiger partial charge in [-0.05, 0) is 24.3 Å². The number of rotatable bonds is 19. The van der Waals surface area contributed by atoms with Crippen LogP contribution in [0.15, 0.2) is 30.3 Å². The van der Waals surface area contributed by atoms with Crippen molar-refractivity contribution in [3.63, 3.8) is 0 Å². The molecule has 0 aliphatic carbocycles. The van der Waals surface area contributed by atoms with Gasteiger partial charge in [0.25, 0.3) is 0 Å². The number of alkyl halides is 1. The molecule has 1 aromatic carbocycles. The van der Waals surface area contributed by atoms with Crippen LogP contribution in [0, 0.1) is 11.8 Å². The number of carbonyl (C=O) groups is 8. The predicted octanol–water partition coefficient (Wildman–Crippen LogP) is 0.217. The van der Waals surface area contributed by atoms with E-state index in [9.17, 15) is 42.7 Å². The average Bonchev–Trinajstić information content (AvgIpc) is 3.06. The van der Waals surface area contributed by atoms with Gasteiger partial charge in [0.05, 0.1) is 27.1 Å². The first-order valence-corrected chi connectivity index (χ1v) is 15.4. The van der Waals surface area contributed by atoms with Crippen LogP contribution in [0.1, 0.15) is 53.0 Å². The van der Waals surface area contributed by atoms with E-state index < -0.39 is 109 Å². The molecular formula is C32H46FN5O11. The minimum Gasteiger partial charge on any atom is -0.469 e. The van der Waals surface area contributed by atoms with Gasteiger partial charge in [-0.3, -0.25) is 33.6 Å². The lowest BCUT2D eigenvalue weighted by molar-refractivity contribution is -0.144. The Morgan fingerprint density at radius 3 is 1.63 bits per heavy atom. The summed E-state index contributed by atoms with van der Waals surface area (Å²) in [6.07, 6.45) is -2.16. The third kappa shape index (κ3) is 14.7. The van der Waals surface area contributed by atoms with Crippen molar-refractivity contribution in [2.24, 2.45) is 11.8 Å². The van der Waals surface area contributed by atoms with E-state index in [1.54, 1.807) is 58.0 Å². The highest BCUT2D eigenvalue weighted by Gasteiger charge is 2.34. The molecule has 49 heavy (non-hydrogen) atoms. The van der Waals surface area contributed by atoms with Crippen LogP contribution in [0.5, 0.6) is 0 Å². The Labute approximate surface area is 283 Å². The van der Waals surface area contributed by atoms with Gasteiger partial charge in [-0.15, -0.1) is 0 Å². The maximum Gasteiger partial charge on any atom is 0.408 e. The maximum atomic E-state index is 13.4. The fraction of sp³-hybridized carbons (Fsp3) is 0.562. The Hall–Kier alpha value is -5.09. The van der Waals surface area contributed by atoms with E-state index >= 15 is 0 Å². The topological polar surface area (TPSA) is 224 Å². The first-order chi connectivity index (χ1) is 23.0. The van der Waals surface area contributed by atoms with Crippen LogP contribution in [0.3, 0.4) is 0 Å². The van der Waals surface area contributed by atoms with Gasteiger partial charge < -0.3 is 40.8 Å². The van der Waals surface area contributed by atoms with E-state index in [1.165, 1.54) is 6.92 Å².